The van der Waals surface area contributed by atoms with E-state index < -0.39 is 12.0 Å². The second kappa shape index (κ2) is 7.96. The van der Waals surface area contributed by atoms with Gasteiger partial charge in [-0.05, 0) is 31.4 Å². The molecule has 0 spiro atoms. The first-order valence-electron chi connectivity index (χ1n) is 8.35. The lowest BCUT2D eigenvalue weighted by molar-refractivity contribution is -0.137. The number of carboxylic acid groups (broad SMARTS) is 1. The van der Waals surface area contributed by atoms with Gasteiger partial charge in [0.1, 0.15) is 0 Å². The molecule has 1 aromatic carbocycles. The first kappa shape index (κ1) is 18.7. The molecule has 2 unspecified atom stereocenters. The quantitative estimate of drug-likeness (QED) is 0.809. The van der Waals surface area contributed by atoms with Crippen LogP contribution < -0.4 is 5.32 Å². The average Bonchev–Trinajstić information content (AvgIpc) is 2.80. The summed E-state index contributed by atoms with van der Waals surface area (Å²) < 4.78 is 1.81. The van der Waals surface area contributed by atoms with Gasteiger partial charge < -0.3 is 10.4 Å². The lowest BCUT2D eigenvalue weighted by Gasteiger charge is -2.20. The molecule has 134 valence electrons. The highest BCUT2D eigenvalue weighted by molar-refractivity contribution is 5.80. The fourth-order valence-corrected chi connectivity index (χ4v) is 2.94. The molecule has 0 radical (unpaired) electrons. The van der Waals surface area contributed by atoms with Crippen molar-refractivity contribution in [1.29, 1.82) is 0 Å². The van der Waals surface area contributed by atoms with Gasteiger partial charge in [-0.2, -0.15) is 5.10 Å². The van der Waals surface area contributed by atoms with Crippen LogP contribution in [0.3, 0.4) is 0 Å². The number of benzene rings is 1. The van der Waals surface area contributed by atoms with Crippen LogP contribution in [0.2, 0.25) is 0 Å². The highest BCUT2D eigenvalue weighted by atomic mass is 16.4. The van der Waals surface area contributed by atoms with Crippen LogP contribution in [0.4, 0.5) is 0 Å². The summed E-state index contributed by atoms with van der Waals surface area (Å²) in [6, 6.07) is 8.65. The molecule has 2 atom stereocenters. The third-order valence-electron chi connectivity index (χ3n) is 4.51. The summed E-state index contributed by atoms with van der Waals surface area (Å²) in [5.41, 5.74) is 3.82. The summed E-state index contributed by atoms with van der Waals surface area (Å²) in [6.45, 7) is 5.77. The average molecular weight is 343 g/mol. The Labute approximate surface area is 147 Å². The largest absolute Gasteiger partial charge is 0.481 e. The van der Waals surface area contributed by atoms with Gasteiger partial charge >= 0.3 is 5.97 Å². The van der Waals surface area contributed by atoms with Crippen LogP contribution >= 0.6 is 0 Å². The van der Waals surface area contributed by atoms with E-state index in [-0.39, 0.29) is 18.2 Å². The van der Waals surface area contributed by atoms with Crippen LogP contribution in [0.1, 0.15) is 41.9 Å². The summed E-state index contributed by atoms with van der Waals surface area (Å²) in [6.07, 6.45) is 0.430. The predicted octanol–water partition coefficient (Wildman–Crippen LogP) is 2.55. The van der Waals surface area contributed by atoms with Crippen molar-refractivity contribution in [2.24, 2.45) is 13.0 Å². The summed E-state index contributed by atoms with van der Waals surface area (Å²) in [7, 11) is 1.88. The van der Waals surface area contributed by atoms with E-state index >= 15 is 0 Å². The van der Waals surface area contributed by atoms with Crippen molar-refractivity contribution in [2.75, 3.05) is 0 Å². The molecule has 2 aromatic rings. The van der Waals surface area contributed by atoms with Gasteiger partial charge in [-0.3, -0.25) is 14.3 Å². The van der Waals surface area contributed by atoms with Gasteiger partial charge in [0.25, 0.3) is 0 Å². The van der Waals surface area contributed by atoms with Crippen LogP contribution in [-0.4, -0.2) is 26.8 Å². The summed E-state index contributed by atoms with van der Waals surface area (Å²) >= 11 is 0. The molecule has 1 aromatic heterocycles. The molecule has 0 aliphatic carbocycles. The molecule has 25 heavy (non-hydrogen) atoms. The Morgan fingerprint density at radius 2 is 1.88 bits per heavy atom. The number of carboxylic acids is 1. The number of carbonyl (C=O) groups excluding carboxylic acids is 1. The van der Waals surface area contributed by atoms with Crippen molar-refractivity contribution in [3.05, 3.63) is 52.8 Å². The monoisotopic (exact) mass is 343 g/mol. The SMILES string of the molecule is Cc1nn(C)c(C)c1CC(C)C(=O)NC(CC(=O)O)c1ccccc1. The number of nitrogens with one attached hydrogen (secondary N) is 1. The molecule has 0 aliphatic heterocycles. The van der Waals surface area contributed by atoms with E-state index in [1.165, 1.54) is 0 Å². The molecule has 0 bridgehead atoms. The second-order valence-electron chi connectivity index (χ2n) is 6.45. The van der Waals surface area contributed by atoms with Crippen LogP contribution in [0.15, 0.2) is 30.3 Å². The van der Waals surface area contributed by atoms with E-state index in [2.05, 4.69) is 10.4 Å². The minimum Gasteiger partial charge on any atom is -0.481 e. The Morgan fingerprint density at radius 1 is 1.24 bits per heavy atom. The number of amides is 1. The van der Waals surface area contributed by atoms with E-state index in [9.17, 15) is 9.59 Å². The molecule has 6 heteroatoms. The number of nitrogens with zero attached hydrogens (tertiary/aromatic N) is 2. The third kappa shape index (κ3) is 4.68. The lowest BCUT2D eigenvalue weighted by Crippen LogP contribution is -2.35. The predicted molar refractivity (Wildman–Crippen MR) is 95.1 cm³/mol. The topological polar surface area (TPSA) is 84.2 Å². The zero-order chi connectivity index (χ0) is 18.6. The van der Waals surface area contributed by atoms with Gasteiger partial charge in [-0.15, -0.1) is 0 Å². The van der Waals surface area contributed by atoms with Crippen molar-refractivity contribution in [3.8, 4) is 0 Å². The maximum absolute atomic E-state index is 12.6. The maximum Gasteiger partial charge on any atom is 0.305 e. The van der Waals surface area contributed by atoms with Gasteiger partial charge in [0.2, 0.25) is 5.91 Å². The standard InChI is InChI=1S/C19H25N3O3/c1-12(10-16-13(2)21-22(4)14(16)3)19(25)20-17(11-18(23)24)15-8-6-5-7-9-15/h5-9,12,17H,10-11H2,1-4H3,(H,20,25)(H,23,24). The minimum absolute atomic E-state index is 0.145. The van der Waals surface area contributed by atoms with Crippen LogP contribution in [0.5, 0.6) is 0 Å². The zero-order valence-electron chi connectivity index (χ0n) is 15.1. The molecule has 6 nitrogen and oxygen atoms in total. The van der Waals surface area contributed by atoms with E-state index in [1.807, 2.05) is 62.8 Å². The third-order valence-corrected chi connectivity index (χ3v) is 4.51. The van der Waals surface area contributed by atoms with Gasteiger partial charge in [-0.1, -0.05) is 37.3 Å². The van der Waals surface area contributed by atoms with Crippen molar-refractivity contribution >= 4 is 11.9 Å². The van der Waals surface area contributed by atoms with Gasteiger partial charge in [0.05, 0.1) is 18.2 Å². The normalized spacial score (nSPS) is 13.3. The molecule has 1 amide bonds. The Hall–Kier alpha value is -2.63. The number of carbonyl (C=O) groups is 2. The number of aliphatic carboxylic acids is 1. The molecule has 0 saturated heterocycles. The van der Waals surface area contributed by atoms with E-state index in [0.29, 0.717) is 6.42 Å². The van der Waals surface area contributed by atoms with E-state index in [0.717, 1.165) is 22.5 Å². The van der Waals surface area contributed by atoms with Crippen molar-refractivity contribution in [2.45, 2.75) is 39.7 Å². The molecular formula is C19H25N3O3. The second-order valence-corrected chi connectivity index (χ2v) is 6.45. The van der Waals surface area contributed by atoms with Crippen LogP contribution in [-0.2, 0) is 23.1 Å². The highest BCUT2D eigenvalue weighted by Gasteiger charge is 2.23. The summed E-state index contributed by atoms with van der Waals surface area (Å²) in [5, 5.41) is 16.4. The fourth-order valence-electron chi connectivity index (χ4n) is 2.94. The highest BCUT2D eigenvalue weighted by Crippen LogP contribution is 2.20. The Balaban J connectivity index is 2.10. The van der Waals surface area contributed by atoms with Crippen LogP contribution in [0, 0.1) is 19.8 Å². The minimum atomic E-state index is -0.944. The Bertz CT molecular complexity index is 753. The first-order chi connectivity index (χ1) is 11.8. The molecular weight excluding hydrogens is 318 g/mol. The van der Waals surface area contributed by atoms with Gasteiger partial charge in [-0.25, -0.2) is 0 Å². The Kier molecular flexibility index (Phi) is 5.96. The molecule has 2 rings (SSSR count). The zero-order valence-corrected chi connectivity index (χ0v) is 15.1. The van der Waals surface area contributed by atoms with Crippen molar-refractivity contribution < 1.29 is 14.7 Å². The Morgan fingerprint density at radius 3 is 2.40 bits per heavy atom. The summed E-state index contributed by atoms with van der Waals surface area (Å²) in [5.74, 6) is -1.37. The van der Waals surface area contributed by atoms with Crippen molar-refractivity contribution in [3.63, 3.8) is 0 Å². The number of aromatic nitrogens is 2. The van der Waals surface area contributed by atoms with Gasteiger partial charge in [0.15, 0.2) is 0 Å². The van der Waals surface area contributed by atoms with Gasteiger partial charge in [0, 0.05) is 18.7 Å². The number of hydrogen-bond acceptors (Lipinski definition) is 3. The molecule has 1 heterocycles. The smallest absolute Gasteiger partial charge is 0.305 e. The molecule has 0 fully saturated rings. The van der Waals surface area contributed by atoms with E-state index in [1.54, 1.807) is 0 Å². The molecule has 2 N–H and O–H groups in total. The first-order valence-corrected chi connectivity index (χ1v) is 8.35. The van der Waals surface area contributed by atoms with Crippen LogP contribution in [0.25, 0.3) is 0 Å². The van der Waals surface area contributed by atoms with E-state index in [4.69, 9.17) is 5.11 Å². The number of rotatable bonds is 7. The number of hydrogen-bond donors (Lipinski definition) is 2. The summed E-state index contributed by atoms with van der Waals surface area (Å²) in [4.78, 5) is 23.8. The molecule has 0 aliphatic rings. The van der Waals surface area contributed by atoms with Crippen molar-refractivity contribution in [1.82, 2.24) is 15.1 Å². The number of aryl methyl sites for hydroxylation is 2. The maximum atomic E-state index is 12.6. The lowest BCUT2D eigenvalue weighted by atomic mass is 9.97. The molecule has 0 saturated carbocycles. The fraction of sp³-hybridized carbons (Fsp3) is 0.421.